The van der Waals surface area contributed by atoms with Crippen LogP contribution in [0.4, 0.5) is 5.69 Å². The molecule has 2 unspecified atom stereocenters. The second kappa shape index (κ2) is 7.44. The van der Waals surface area contributed by atoms with Gasteiger partial charge in [0, 0.05) is 12.1 Å². The molecule has 3 heteroatoms. The van der Waals surface area contributed by atoms with Crippen LogP contribution in [0.25, 0.3) is 0 Å². The molecule has 1 heterocycles. The zero-order chi connectivity index (χ0) is 14.4. The molecule has 1 aromatic rings. The summed E-state index contributed by atoms with van der Waals surface area (Å²) in [7, 11) is 0. The molecule has 1 saturated heterocycles. The molecule has 2 atom stereocenters. The summed E-state index contributed by atoms with van der Waals surface area (Å²) in [4.78, 5) is 11.9. The average Bonchev–Trinajstić information content (AvgIpc) is 2.98. The van der Waals surface area contributed by atoms with Gasteiger partial charge in [-0.15, -0.1) is 0 Å². The quantitative estimate of drug-likeness (QED) is 0.833. The van der Waals surface area contributed by atoms with E-state index in [1.165, 1.54) is 12.0 Å². The molecule has 1 fully saturated rings. The van der Waals surface area contributed by atoms with Gasteiger partial charge < -0.3 is 10.6 Å². The number of rotatable bonds is 6. The van der Waals surface area contributed by atoms with Gasteiger partial charge in [-0.25, -0.2) is 0 Å². The zero-order valence-electron chi connectivity index (χ0n) is 12.6. The number of anilines is 1. The molecule has 1 aromatic carbocycles. The van der Waals surface area contributed by atoms with Gasteiger partial charge in [-0.2, -0.15) is 0 Å². The molecule has 1 aliphatic rings. The SMILES string of the molecule is CCC(C)c1ccc(NC(=O)CCC2CCNC2)cc1. The Balaban J connectivity index is 1.78. The fourth-order valence-corrected chi connectivity index (χ4v) is 2.65. The molecule has 0 bridgehead atoms. The van der Waals surface area contributed by atoms with E-state index in [4.69, 9.17) is 0 Å². The van der Waals surface area contributed by atoms with Crippen molar-refractivity contribution in [2.24, 2.45) is 5.92 Å². The molecule has 110 valence electrons. The van der Waals surface area contributed by atoms with Gasteiger partial charge in [0.1, 0.15) is 0 Å². The summed E-state index contributed by atoms with van der Waals surface area (Å²) in [5, 5.41) is 6.33. The summed E-state index contributed by atoms with van der Waals surface area (Å²) >= 11 is 0. The van der Waals surface area contributed by atoms with Crippen LogP contribution in [0.5, 0.6) is 0 Å². The predicted molar refractivity (Wildman–Crippen MR) is 84.0 cm³/mol. The van der Waals surface area contributed by atoms with Crippen molar-refractivity contribution >= 4 is 11.6 Å². The Labute approximate surface area is 122 Å². The highest BCUT2D eigenvalue weighted by atomic mass is 16.1. The first kappa shape index (κ1) is 15.0. The third-order valence-corrected chi connectivity index (χ3v) is 4.32. The van der Waals surface area contributed by atoms with Crippen molar-refractivity contribution in [2.75, 3.05) is 18.4 Å². The maximum absolute atomic E-state index is 11.9. The first-order chi connectivity index (χ1) is 9.69. The van der Waals surface area contributed by atoms with Crippen LogP contribution in [0.2, 0.25) is 0 Å². The van der Waals surface area contributed by atoms with Crippen molar-refractivity contribution in [2.45, 2.75) is 45.4 Å². The van der Waals surface area contributed by atoms with E-state index >= 15 is 0 Å². The minimum atomic E-state index is 0.133. The second-order valence-electron chi connectivity index (χ2n) is 5.88. The Hall–Kier alpha value is -1.35. The van der Waals surface area contributed by atoms with E-state index in [9.17, 15) is 4.79 Å². The molecule has 1 aliphatic heterocycles. The molecular weight excluding hydrogens is 248 g/mol. The van der Waals surface area contributed by atoms with Gasteiger partial charge in [-0.05, 0) is 61.9 Å². The van der Waals surface area contributed by atoms with Crippen LogP contribution >= 0.6 is 0 Å². The number of hydrogen-bond donors (Lipinski definition) is 2. The molecule has 0 aliphatic carbocycles. The Kier molecular flexibility index (Phi) is 5.60. The molecule has 0 radical (unpaired) electrons. The van der Waals surface area contributed by atoms with Gasteiger partial charge in [-0.3, -0.25) is 4.79 Å². The zero-order valence-corrected chi connectivity index (χ0v) is 12.6. The van der Waals surface area contributed by atoms with Crippen molar-refractivity contribution in [3.63, 3.8) is 0 Å². The lowest BCUT2D eigenvalue weighted by atomic mass is 9.98. The fourth-order valence-electron chi connectivity index (χ4n) is 2.65. The molecule has 0 saturated carbocycles. The largest absolute Gasteiger partial charge is 0.326 e. The minimum Gasteiger partial charge on any atom is -0.326 e. The maximum Gasteiger partial charge on any atom is 0.224 e. The summed E-state index contributed by atoms with van der Waals surface area (Å²) in [6.07, 6.45) is 3.96. The predicted octanol–water partition coefficient (Wildman–Crippen LogP) is 3.53. The number of benzene rings is 1. The van der Waals surface area contributed by atoms with Crippen molar-refractivity contribution < 1.29 is 4.79 Å². The van der Waals surface area contributed by atoms with E-state index in [0.29, 0.717) is 18.3 Å². The summed E-state index contributed by atoms with van der Waals surface area (Å²) in [5.74, 6) is 1.39. The highest BCUT2D eigenvalue weighted by molar-refractivity contribution is 5.90. The number of amides is 1. The summed E-state index contributed by atoms with van der Waals surface area (Å²) in [5.41, 5.74) is 2.24. The van der Waals surface area contributed by atoms with Gasteiger partial charge in [0.25, 0.3) is 0 Å². The minimum absolute atomic E-state index is 0.133. The van der Waals surface area contributed by atoms with E-state index in [-0.39, 0.29) is 5.91 Å². The molecule has 1 amide bonds. The van der Waals surface area contributed by atoms with E-state index in [0.717, 1.165) is 31.6 Å². The highest BCUT2D eigenvalue weighted by Crippen LogP contribution is 2.21. The first-order valence-electron chi connectivity index (χ1n) is 7.79. The van der Waals surface area contributed by atoms with Gasteiger partial charge >= 0.3 is 0 Å². The monoisotopic (exact) mass is 274 g/mol. The van der Waals surface area contributed by atoms with Crippen molar-refractivity contribution in [3.05, 3.63) is 29.8 Å². The van der Waals surface area contributed by atoms with Crippen LogP contribution in [-0.4, -0.2) is 19.0 Å². The summed E-state index contributed by atoms with van der Waals surface area (Å²) in [6, 6.07) is 8.25. The third kappa shape index (κ3) is 4.34. The van der Waals surface area contributed by atoms with E-state index < -0.39 is 0 Å². The molecule has 2 N–H and O–H groups in total. The number of carbonyl (C=O) groups excluding carboxylic acids is 1. The van der Waals surface area contributed by atoms with Crippen LogP contribution in [0.3, 0.4) is 0 Å². The first-order valence-corrected chi connectivity index (χ1v) is 7.79. The Morgan fingerprint density at radius 1 is 1.40 bits per heavy atom. The Morgan fingerprint density at radius 3 is 2.75 bits per heavy atom. The van der Waals surface area contributed by atoms with Crippen LogP contribution in [0, 0.1) is 5.92 Å². The van der Waals surface area contributed by atoms with Crippen LogP contribution in [-0.2, 0) is 4.79 Å². The lowest BCUT2D eigenvalue weighted by molar-refractivity contribution is -0.116. The van der Waals surface area contributed by atoms with Crippen LogP contribution in [0.15, 0.2) is 24.3 Å². The van der Waals surface area contributed by atoms with Gasteiger partial charge in [0.2, 0.25) is 5.91 Å². The Morgan fingerprint density at radius 2 is 2.15 bits per heavy atom. The van der Waals surface area contributed by atoms with Gasteiger partial charge in [0.05, 0.1) is 0 Å². The number of nitrogens with one attached hydrogen (secondary N) is 2. The summed E-state index contributed by atoms with van der Waals surface area (Å²) < 4.78 is 0. The smallest absolute Gasteiger partial charge is 0.224 e. The number of hydrogen-bond acceptors (Lipinski definition) is 2. The van der Waals surface area contributed by atoms with E-state index in [1.54, 1.807) is 0 Å². The molecule has 0 spiro atoms. The van der Waals surface area contributed by atoms with Gasteiger partial charge in [0.15, 0.2) is 0 Å². The second-order valence-corrected chi connectivity index (χ2v) is 5.88. The van der Waals surface area contributed by atoms with E-state index in [1.807, 2.05) is 12.1 Å². The topological polar surface area (TPSA) is 41.1 Å². The lowest BCUT2D eigenvalue weighted by Crippen LogP contribution is -2.15. The van der Waals surface area contributed by atoms with Crippen LogP contribution in [0.1, 0.15) is 51.0 Å². The summed E-state index contributed by atoms with van der Waals surface area (Å²) in [6.45, 7) is 6.59. The molecular formula is C17H26N2O. The van der Waals surface area contributed by atoms with Crippen molar-refractivity contribution in [1.29, 1.82) is 0 Å². The molecule has 3 nitrogen and oxygen atoms in total. The van der Waals surface area contributed by atoms with Gasteiger partial charge in [-0.1, -0.05) is 26.0 Å². The standard InChI is InChI=1S/C17H26N2O/c1-3-13(2)15-5-7-16(8-6-15)19-17(20)9-4-14-10-11-18-12-14/h5-8,13-14,18H,3-4,9-12H2,1-2H3,(H,19,20). The van der Waals surface area contributed by atoms with Crippen molar-refractivity contribution in [1.82, 2.24) is 5.32 Å². The highest BCUT2D eigenvalue weighted by Gasteiger charge is 2.15. The molecule has 0 aromatic heterocycles. The third-order valence-electron chi connectivity index (χ3n) is 4.32. The average molecular weight is 274 g/mol. The maximum atomic E-state index is 11.9. The fraction of sp³-hybridized carbons (Fsp3) is 0.588. The lowest BCUT2D eigenvalue weighted by Gasteiger charge is -2.11. The molecule has 2 rings (SSSR count). The molecule has 20 heavy (non-hydrogen) atoms. The Bertz CT molecular complexity index is 421. The van der Waals surface area contributed by atoms with E-state index in [2.05, 4.69) is 36.6 Å². The normalized spacial score (nSPS) is 19.8. The number of carbonyl (C=O) groups is 1. The van der Waals surface area contributed by atoms with Crippen molar-refractivity contribution in [3.8, 4) is 0 Å². The van der Waals surface area contributed by atoms with Crippen LogP contribution < -0.4 is 10.6 Å².